The summed E-state index contributed by atoms with van der Waals surface area (Å²) >= 11 is -2.25. The maximum absolute atomic E-state index is 10.6. The third-order valence-electron chi connectivity index (χ3n) is 1.50. The van der Waals surface area contributed by atoms with Crippen molar-refractivity contribution in [1.29, 1.82) is 5.26 Å². The molecule has 1 atom stereocenters. The van der Waals surface area contributed by atoms with Crippen LogP contribution in [0.1, 0.15) is 11.1 Å². The summed E-state index contributed by atoms with van der Waals surface area (Å²) in [5.41, 5.74) is 1.02. The normalized spacial score (nSPS) is 11.2. The number of nitriles is 1. The first kappa shape index (κ1) is 12.8. The molecule has 0 aliphatic carbocycles. The Morgan fingerprint density at radius 3 is 2.62 bits per heavy atom. The fourth-order valence-electron chi connectivity index (χ4n) is 0.849. The van der Waals surface area contributed by atoms with Crippen molar-refractivity contribution in [2.75, 3.05) is 0 Å². The summed E-state index contributed by atoms with van der Waals surface area (Å²) < 4.78 is 21.2. The Morgan fingerprint density at radius 2 is 2.15 bits per heavy atom. The van der Waals surface area contributed by atoms with Crippen LogP contribution in [0.2, 0.25) is 0 Å². The van der Waals surface area contributed by atoms with Gasteiger partial charge in [-0.2, -0.15) is 5.26 Å². The Balaban J connectivity index is 0.00000144. The summed E-state index contributed by atoms with van der Waals surface area (Å²) in [6, 6.07) is 6.44. The van der Waals surface area contributed by atoms with E-state index in [9.17, 15) is 8.76 Å². The fourth-order valence-corrected chi connectivity index (χ4v) is 1.40. The minimum atomic E-state index is -2.25. The van der Waals surface area contributed by atoms with Crippen LogP contribution < -0.4 is 29.6 Å². The van der Waals surface area contributed by atoms with Crippen LogP contribution >= 0.6 is 0 Å². The SMILES string of the molecule is Cc1ccc(C#N)cc1S(=O)[O-].[Na+]. The molecule has 0 heterocycles. The van der Waals surface area contributed by atoms with Gasteiger partial charge in [-0.15, -0.1) is 0 Å². The zero-order valence-corrected chi connectivity index (χ0v) is 10.2. The van der Waals surface area contributed by atoms with Gasteiger partial charge in [0.25, 0.3) is 0 Å². The third-order valence-corrected chi connectivity index (χ3v) is 2.30. The van der Waals surface area contributed by atoms with Crippen molar-refractivity contribution in [3.8, 4) is 6.07 Å². The second kappa shape index (κ2) is 5.53. The van der Waals surface area contributed by atoms with Gasteiger partial charge in [-0.1, -0.05) is 6.07 Å². The van der Waals surface area contributed by atoms with Gasteiger partial charge in [-0.25, -0.2) is 0 Å². The van der Waals surface area contributed by atoms with Crippen molar-refractivity contribution >= 4 is 11.1 Å². The summed E-state index contributed by atoms with van der Waals surface area (Å²) in [6.45, 7) is 1.69. The van der Waals surface area contributed by atoms with Gasteiger partial charge < -0.3 is 4.55 Å². The van der Waals surface area contributed by atoms with Crippen molar-refractivity contribution in [2.45, 2.75) is 11.8 Å². The number of hydrogen-bond donors (Lipinski definition) is 0. The molecule has 0 N–H and O–H groups in total. The minimum Gasteiger partial charge on any atom is -0.768 e. The van der Waals surface area contributed by atoms with Gasteiger partial charge in [0.2, 0.25) is 0 Å². The fraction of sp³-hybridized carbons (Fsp3) is 0.125. The van der Waals surface area contributed by atoms with E-state index in [0.717, 1.165) is 0 Å². The smallest absolute Gasteiger partial charge is 0.768 e. The zero-order chi connectivity index (χ0) is 9.14. The molecule has 1 aromatic rings. The molecule has 0 radical (unpaired) electrons. The van der Waals surface area contributed by atoms with Gasteiger partial charge in [0.1, 0.15) is 0 Å². The second-order valence-electron chi connectivity index (χ2n) is 2.33. The molecule has 0 aromatic heterocycles. The molecular formula is C8H6NNaO2S. The van der Waals surface area contributed by atoms with Gasteiger partial charge >= 0.3 is 29.6 Å². The van der Waals surface area contributed by atoms with E-state index in [0.29, 0.717) is 11.1 Å². The van der Waals surface area contributed by atoms with E-state index < -0.39 is 11.1 Å². The van der Waals surface area contributed by atoms with Crippen molar-refractivity contribution in [1.82, 2.24) is 0 Å². The molecule has 0 bridgehead atoms. The molecule has 0 amide bonds. The molecular weight excluding hydrogens is 197 g/mol. The van der Waals surface area contributed by atoms with E-state index in [1.807, 2.05) is 6.07 Å². The first-order chi connectivity index (χ1) is 5.65. The first-order valence-corrected chi connectivity index (χ1v) is 4.32. The molecule has 3 nitrogen and oxygen atoms in total. The van der Waals surface area contributed by atoms with E-state index in [2.05, 4.69) is 0 Å². The van der Waals surface area contributed by atoms with Crippen molar-refractivity contribution in [3.63, 3.8) is 0 Å². The first-order valence-electron chi connectivity index (χ1n) is 3.25. The van der Waals surface area contributed by atoms with E-state index in [-0.39, 0.29) is 34.5 Å². The molecule has 0 saturated carbocycles. The van der Waals surface area contributed by atoms with Gasteiger partial charge in [-0.05, 0) is 35.7 Å². The number of nitrogens with zero attached hydrogens (tertiary/aromatic N) is 1. The molecule has 0 saturated heterocycles. The molecule has 1 aromatic carbocycles. The summed E-state index contributed by atoms with van der Waals surface area (Å²) in [5.74, 6) is 0. The number of hydrogen-bond acceptors (Lipinski definition) is 3. The van der Waals surface area contributed by atoms with Crippen LogP contribution in [0.4, 0.5) is 0 Å². The maximum Gasteiger partial charge on any atom is 1.00 e. The van der Waals surface area contributed by atoms with Gasteiger partial charge in [-0.3, -0.25) is 4.21 Å². The second-order valence-corrected chi connectivity index (χ2v) is 3.24. The zero-order valence-electron chi connectivity index (χ0n) is 7.40. The molecule has 13 heavy (non-hydrogen) atoms. The Hall–Kier alpha value is -0.180. The number of benzene rings is 1. The van der Waals surface area contributed by atoms with Crippen LogP contribution in [0.3, 0.4) is 0 Å². The van der Waals surface area contributed by atoms with E-state index in [1.165, 1.54) is 6.07 Å². The van der Waals surface area contributed by atoms with E-state index in [1.54, 1.807) is 19.1 Å². The predicted molar refractivity (Wildman–Crippen MR) is 43.1 cm³/mol. The molecule has 62 valence electrons. The van der Waals surface area contributed by atoms with Crippen LogP contribution in [0.15, 0.2) is 23.1 Å². The topological polar surface area (TPSA) is 63.9 Å². The van der Waals surface area contributed by atoms with Crippen molar-refractivity contribution in [2.24, 2.45) is 0 Å². The third kappa shape index (κ3) is 3.22. The molecule has 0 aliphatic rings. The number of rotatable bonds is 1. The van der Waals surface area contributed by atoms with Crippen LogP contribution in [-0.4, -0.2) is 8.76 Å². The molecule has 0 spiro atoms. The van der Waals surface area contributed by atoms with Gasteiger partial charge in [0.05, 0.1) is 11.6 Å². The Labute approximate surface area is 101 Å². The molecule has 0 aliphatic heterocycles. The van der Waals surface area contributed by atoms with Crippen LogP contribution in [0.25, 0.3) is 0 Å². The van der Waals surface area contributed by atoms with Gasteiger partial charge in [0.15, 0.2) is 0 Å². The largest absolute Gasteiger partial charge is 1.00 e. The van der Waals surface area contributed by atoms with Crippen molar-refractivity contribution < 1.29 is 38.3 Å². The summed E-state index contributed by atoms with van der Waals surface area (Å²) in [6.07, 6.45) is 0. The summed E-state index contributed by atoms with van der Waals surface area (Å²) in [4.78, 5) is 0.189. The average Bonchev–Trinajstić information content (AvgIpc) is 2.05. The Morgan fingerprint density at radius 1 is 1.54 bits per heavy atom. The maximum atomic E-state index is 10.6. The number of aryl methyl sites for hydroxylation is 1. The van der Waals surface area contributed by atoms with Crippen molar-refractivity contribution in [3.05, 3.63) is 29.3 Å². The molecule has 0 fully saturated rings. The molecule has 1 rings (SSSR count). The average molecular weight is 203 g/mol. The van der Waals surface area contributed by atoms with Gasteiger partial charge in [0, 0.05) is 4.90 Å². The monoisotopic (exact) mass is 203 g/mol. The quantitative estimate of drug-likeness (QED) is 0.396. The van der Waals surface area contributed by atoms with Crippen LogP contribution in [0, 0.1) is 18.3 Å². The molecule has 1 unspecified atom stereocenters. The summed E-state index contributed by atoms with van der Waals surface area (Å²) in [5, 5.41) is 8.48. The van der Waals surface area contributed by atoms with E-state index >= 15 is 0 Å². The van der Waals surface area contributed by atoms with Crippen LogP contribution in [-0.2, 0) is 11.1 Å². The van der Waals surface area contributed by atoms with Crippen LogP contribution in [0.5, 0.6) is 0 Å². The van der Waals surface area contributed by atoms with E-state index in [4.69, 9.17) is 5.26 Å². The predicted octanol–water partition coefficient (Wildman–Crippen LogP) is -1.89. The Bertz CT molecular complexity index is 373. The standard InChI is InChI=1S/C8H7NO2S.Na/c1-6-2-3-7(5-9)4-8(6)12(10)11;/h2-4H,1H3,(H,10,11);/q;+1/p-1. The minimum absolute atomic E-state index is 0. The molecule has 5 heteroatoms. The summed E-state index contributed by atoms with van der Waals surface area (Å²) in [7, 11) is 0. The Kier molecular flexibility index (Phi) is 5.45.